The summed E-state index contributed by atoms with van der Waals surface area (Å²) in [5, 5.41) is 12.1. The highest BCUT2D eigenvalue weighted by Gasteiger charge is 2.55. The second-order valence-electron chi connectivity index (χ2n) is 5.83. The molecule has 3 aromatic rings. The van der Waals surface area contributed by atoms with Crippen molar-refractivity contribution in [1.29, 1.82) is 0 Å². The monoisotopic (exact) mass is 334 g/mol. The Kier molecular flexibility index (Phi) is 5.00. The molecule has 0 aliphatic heterocycles. The molecule has 128 valence electrons. The lowest BCUT2D eigenvalue weighted by molar-refractivity contribution is -0.304. The minimum Gasteiger partial charge on any atom is -0.375 e. The Bertz CT molecular complexity index is 742. The quantitative estimate of drug-likeness (QED) is 0.691. The number of hydrogen-bond donors (Lipinski definition) is 1. The molecule has 3 heteroatoms. The van der Waals surface area contributed by atoms with Crippen molar-refractivity contribution in [2.24, 2.45) is 0 Å². The van der Waals surface area contributed by atoms with Crippen molar-refractivity contribution in [2.75, 3.05) is 14.2 Å². The molecule has 0 aliphatic rings. The summed E-state index contributed by atoms with van der Waals surface area (Å²) in [4.78, 5) is 0. The average Bonchev–Trinajstić information content (AvgIpc) is 2.71. The summed E-state index contributed by atoms with van der Waals surface area (Å²) in [6.07, 6.45) is 0. The van der Waals surface area contributed by atoms with Crippen molar-refractivity contribution in [3.63, 3.8) is 0 Å². The second-order valence-corrected chi connectivity index (χ2v) is 5.83. The molecule has 0 heterocycles. The third-order valence-electron chi connectivity index (χ3n) is 4.59. The molecule has 0 fully saturated rings. The first-order chi connectivity index (χ1) is 12.2. The summed E-state index contributed by atoms with van der Waals surface area (Å²) < 4.78 is 11.7. The first-order valence-electron chi connectivity index (χ1n) is 8.18. The number of aliphatic hydroxyl groups is 1. The van der Waals surface area contributed by atoms with Crippen LogP contribution in [0.2, 0.25) is 0 Å². The molecular formula is C22H22O3. The van der Waals surface area contributed by atoms with Crippen molar-refractivity contribution in [3.8, 4) is 0 Å². The Hall–Kier alpha value is -2.46. The second kappa shape index (κ2) is 7.19. The van der Waals surface area contributed by atoms with Crippen molar-refractivity contribution in [2.45, 2.75) is 11.4 Å². The van der Waals surface area contributed by atoms with Crippen LogP contribution in [0.1, 0.15) is 16.7 Å². The zero-order valence-corrected chi connectivity index (χ0v) is 14.4. The van der Waals surface area contributed by atoms with E-state index in [1.165, 1.54) is 0 Å². The Labute approximate surface area is 148 Å². The van der Waals surface area contributed by atoms with E-state index in [-0.39, 0.29) is 0 Å². The molecule has 0 aromatic heterocycles. The van der Waals surface area contributed by atoms with Gasteiger partial charge in [0.15, 0.2) is 5.60 Å². The summed E-state index contributed by atoms with van der Waals surface area (Å²) in [6.45, 7) is 0. The van der Waals surface area contributed by atoms with Gasteiger partial charge in [0.2, 0.25) is 5.79 Å². The van der Waals surface area contributed by atoms with E-state index in [9.17, 15) is 5.11 Å². The summed E-state index contributed by atoms with van der Waals surface area (Å²) in [5.41, 5.74) is 0.568. The van der Waals surface area contributed by atoms with Crippen molar-refractivity contribution < 1.29 is 14.6 Å². The maximum Gasteiger partial charge on any atom is 0.233 e. The molecular weight excluding hydrogens is 312 g/mol. The van der Waals surface area contributed by atoms with Crippen LogP contribution in [0.5, 0.6) is 0 Å². The van der Waals surface area contributed by atoms with Crippen LogP contribution < -0.4 is 0 Å². The van der Waals surface area contributed by atoms with E-state index >= 15 is 0 Å². The van der Waals surface area contributed by atoms with Crippen LogP contribution in [0, 0.1) is 0 Å². The van der Waals surface area contributed by atoms with Crippen LogP contribution in [-0.2, 0) is 20.9 Å². The van der Waals surface area contributed by atoms with Crippen molar-refractivity contribution in [1.82, 2.24) is 0 Å². The number of benzene rings is 3. The maximum atomic E-state index is 12.1. The van der Waals surface area contributed by atoms with Crippen molar-refractivity contribution >= 4 is 0 Å². The molecule has 0 saturated heterocycles. The van der Waals surface area contributed by atoms with Crippen LogP contribution in [-0.4, -0.2) is 19.3 Å². The summed E-state index contributed by atoms with van der Waals surface area (Å²) in [7, 11) is 3.10. The molecule has 25 heavy (non-hydrogen) atoms. The molecule has 1 N–H and O–H groups in total. The predicted octanol–water partition coefficient (Wildman–Crippen LogP) is 4.07. The van der Waals surface area contributed by atoms with Gasteiger partial charge < -0.3 is 14.6 Å². The fourth-order valence-electron chi connectivity index (χ4n) is 3.39. The molecule has 3 rings (SSSR count). The van der Waals surface area contributed by atoms with E-state index in [4.69, 9.17) is 9.47 Å². The zero-order valence-electron chi connectivity index (χ0n) is 14.4. The van der Waals surface area contributed by atoms with Crippen molar-refractivity contribution in [3.05, 3.63) is 108 Å². The van der Waals surface area contributed by atoms with Gasteiger partial charge in [-0.3, -0.25) is 0 Å². The fourth-order valence-corrected chi connectivity index (χ4v) is 3.39. The first kappa shape index (κ1) is 17.4. The van der Waals surface area contributed by atoms with Crippen LogP contribution in [0.4, 0.5) is 0 Å². The Balaban J connectivity index is 2.33. The van der Waals surface area contributed by atoms with Gasteiger partial charge in [-0.15, -0.1) is 0 Å². The average molecular weight is 334 g/mol. The Morgan fingerprint density at radius 3 is 1.20 bits per heavy atom. The standard InChI is InChI=1S/C22H22O3/c1-24-22(25-2,20-16-10-5-11-17-20)21(23,18-12-6-3-7-13-18)19-14-8-4-9-15-19/h3-17,23H,1-2H3. The molecule has 3 aromatic carbocycles. The largest absolute Gasteiger partial charge is 0.375 e. The van der Waals surface area contributed by atoms with E-state index < -0.39 is 11.4 Å². The van der Waals surface area contributed by atoms with Gasteiger partial charge >= 0.3 is 0 Å². The molecule has 0 unspecified atom stereocenters. The zero-order chi connectivity index (χ0) is 17.8. The Morgan fingerprint density at radius 1 is 0.560 bits per heavy atom. The molecule has 0 amide bonds. The topological polar surface area (TPSA) is 38.7 Å². The predicted molar refractivity (Wildman–Crippen MR) is 98.0 cm³/mol. The van der Waals surface area contributed by atoms with Crippen LogP contribution in [0.3, 0.4) is 0 Å². The van der Waals surface area contributed by atoms with Gasteiger partial charge in [0, 0.05) is 19.8 Å². The van der Waals surface area contributed by atoms with Crippen LogP contribution >= 0.6 is 0 Å². The molecule has 0 atom stereocenters. The summed E-state index contributed by atoms with van der Waals surface area (Å²) in [6, 6.07) is 28.4. The van der Waals surface area contributed by atoms with Crippen LogP contribution in [0.15, 0.2) is 91.0 Å². The highest BCUT2D eigenvalue weighted by molar-refractivity contribution is 5.42. The van der Waals surface area contributed by atoms with E-state index in [1.54, 1.807) is 14.2 Å². The minimum atomic E-state index is -1.54. The van der Waals surface area contributed by atoms with Gasteiger partial charge in [0.1, 0.15) is 0 Å². The van der Waals surface area contributed by atoms with Gasteiger partial charge in [0.05, 0.1) is 0 Å². The van der Waals surface area contributed by atoms with Crippen LogP contribution in [0.25, 0.3) is 0 Å². The number of ether oxygens (including phenoxy) is 2. The number of rotatable bonds is 6. The van der Waals surface area contributed by atoms with E-state index in [0.717, 1.165) is 5.56 Å². The lowest BCUT2D eigenvalue weighted by Gasteiger charge is -2.45. The van der Waals surface area contributed by atoms with E-state index in [0.29, 0.717) is 11.1 Å². The third-order valence-corrected chi connectivity index (χ3v) is 4.59. The van der Waals surface area contributed by atoms with Gasteiger partial charge in [-0.05, 0) is 11.1 Å². The normalized spacial score (nSPS) is 12.1. The molecule has 0 radical (unpaired) electrons. The molecule has 0 spiro atoms. The minimum absolute atomic E-state index is 0.689. The molecule has 0 bridgehead atoms. The Morgan fingerprint density at radius 2 is 0.880 bits per heavy atom. The number of hydrogen-bond acceptors (Lipinski definition) is 3. The van der Waals surface area contributed by atoms with Gasteiger partial charge in [-0.2, -0.15) is 0 Å². The maximum absolute atomic E-state index is 12.1. The van der Waals surface area contributed by atoms with Gasteiger partial charge in [0.25, 0.3) is 0 Å². The molecule has 0 aliphatic carbocycles. The third kappa shape index (κ3) is 2.76. The smallest absolute Gasteiger partial charge is 0.233 e. The lowest BCUT2D eigenvalue weighted by Crippen LogP contribution is -2.53. The summed E-state index contributed by atoms with van der Waals surface area (Å²) in [5.74, 6) is -1.41. The fraction of sp³-hybridized carbons (Fsp3) is 0.182. The summed E-state index contributed by atoms with van der Waals surface area (Å²) >= 11 is 0. The highest BCUT2D eigenvalue weighted by atomic mass is 16.7. The van der Waals surface area contributed by atoms with Gasteiger partial charge in [-0.25, -0.2) is 0 Å². The first-order valence-corrected chi connectivity index (χ1v) is 8.18. The van der Waals surface area contributed by atoms with Gasteiger partial charge in [-0.1, -0.05) is 91.0 Å². The SMILES string of the molecule is COC(OC)(c1ccccc1)C(O)(c1ccccc1)c1ccccc1. The van der Waals surface area contributed by atoms with E-state index in [1.807, 2.05) is 91.0 Å². The molecule has 0 saturated carbocycles. The number of methoxy groups -OCH3 is 2. The molecule has 3 nitrogen and oxygen atoms in total. The van der Waals surface area contributed by atoms with E-state index in [2.05, 4.69) is 0 Å². The highest BCUT2D eigenvalue weighted by Crippen LogP contribution is 2.48. The lowest BCUT2D eigenvalue weighted by atomic mass is 9.76.